The Morgan fingerprint density at radius 1 is 1.20 bits per heavy atom. The highest BCUT2D eigenvalue weighted by atomic mass is 127. The number of nitrogens with zero attached hydrogens (tertiary/aromatic N) is 2. The van der Waals surface area contributed by atoms with Crippen molar-refractivity contribution in [1.29, 1.82) is 0 Å². The van der Waals surface area contributed by atoms with Crippen LogP contribution in [0.15, 0.2) is 29.3 Å². The molecule has 1 aromatic carbocycles. The van der Waals surface area contributed by atoms with E-state index in [4.69, 9.17) is 4.74 Å². The number of ether oxygens (including phenoxy) is 1. The molecular weight excluding hydrogens is 447 g/mol. The molecule has 0 saturated heterocycles. The van der Waals surface area contributed by atoms with Gasteiger partial charge in [-0.25, -0.2) is 9.98 Å². The molecule has 25 heavy (non-hydrogen) atoms. The number of halogens is 1. The first-order valence-electron chi connectivity index (χ1n) is 8.20. The molecule has 0 fully saturated rings. The average Bonchev–Trinajstić information content (AvgIpc) is 2.91. The molecule has 0 amide bonds. The fraction of sp³-hybridized carbons (Fsp3) is 0.444. The summed E-state index contributed by atoms with van der Waals surface area (Å²) in [7, 11) is 1.68. The van der Waals surface area contributed by atoms with Gasteiger partial charge in [0.25, 0.3) is 0 Å². The summed E-state index contributed by atoms with van der Waals surface area (Å²) in [4.78, 5) is 10.3. The molecular formula is C18H27IN4OS. The Morgan fingerprint density at radius 2 is 1.92 bits per heavy atom. The molecule has 1 aromatic heterocycles. The molecule has 138 valence electrons. The van der Waals surface area contributed by atoms with Crippen LogP contribution >= 0.6 is 35.3 Å². The predicted molar refractivity (Wildman–Crippen MR) is 117 cm³/mol. The van der Waals surface area contributed by atoms with E-state index in [1.807, 2.05) is 26.0 Å². The molecule has 0 radical (unpaired) electrons. The Labute approximate surface area is 171 Å². The second kappa shape index (κ2) is 11.3. The van der Waals surface area contributed by atoms with Gasteiger partial charge in [-0.05, 0) is 44.9 Å². The minimum atomic E-state index is 0. The van der Waals surface area contributed by atoms with Crippen molar-refractivity contribution in [3.63, 3.8) is 0 Å². The van der Waals surface area contributed by atoms with Crippen LogP contribution in [0.3, 0.4) is 0 Å². The highest BCUT2D eigenvalue weighted by molar-refractivity contribution is 14.0. The van der Waals surface area contributed by atoms with Gasteiger partial charge in [-0.3, -0.25) is 0 Å². The lowest BCUT2D eigenvalue weighted by atomic mass is 10.1. The molecule has 2 aromatic rings. The second-order valence-corrected chi connectivity index (χ2v) is 6.75. The average molecular weight is 474 g/mol. The number of aromatic nitrogens is 1. The Bertz CT molecular complexity index is 670. The van der Waals surface area contributed by atoms with Crippen molar-refractivity contribution in [2.45, 2.75) is 33.7 Å². The van der Waals surface area contributed by atoms with E-state index in [0.717, 1.165) is 41.9 Å². The number of hydrogen-bond donors (Lipinski definition) is 2. The van der Waals surface area contributed by atoms with E-state index in [1.54, 1.807) is 18.4 Å². The highest BCUT2D eigenvalue weighted by Gasteiger charge is 2.05. The van der Waals surface area contributed by atoms with E-state index in [-0.39, 0.29) is 24.0 Å². The third kappa shape index (κ3) is 7.19. The lowest BCUT2D eigenvalue weighted by Gasteiger charge is -2.11. The summed E-state index contributed by atoms with van der Waals surface area (Å²) in [5.74, 6) is 1.73. The van der Waals surface area contributed by atoms with Crippen LogP contribution in [0.1, 0.15) is 28.1 Å². The van der Waals surface area contributed by atoms with Gasteiger partial charge in [0, 0.05) is 18.0 Å². The molecule has 0 aliphatic rings. The van der Waals surface area contributed by atoms with Crippen LogP contribution in [0, 0.1) is 13.8 Å². The Balaban J connectivity index is 0.00000312. The summed E-state index contributed by atoms with van der Waals surface area (Å²) in [6, 6.07) is 8.16. The van der Waals surface area contributed by atoms with Gasteiger partial charge >= 0.3 is 0 Å². The zero-order chi connectivity index (χ0) is 17.4. The predicted octanol–water partition coefficient (Wildman–Crippen LogP) is 3.68. The van der Waals surface area contributed by atoms with E-state index >= 15 is 0 Å². The normalized spacial score (nSPS) is 11.0. The molecule has 2 N–H and O–H groups in total. The number of benzene rings is 1. The van der Waals surface area contributed by atoms with Crippen LogP contribution in [0.5, 0.6) is 5.75 Å². The number of aliphatic imine (C=N–C) groups is 1. The van der Waals surface area contributed by atoms with Crippen LogP contribution in [0.25, 0.3) is 0 Å². The van der Waals surface area contributed by atoms with Crippen molar-refractivity contribution < 1.29 is 4.74 Å². The third-order valence-corrected chi connectivity index (χ3v) is 4.65. The summed E-state index contributed by atoms with van der Waals surface area (Å²) in [5.41, 5.74) is 2.35. The van der Waals surface area contributed by atoms with Crippen LogP contribution in [-0.2, 0) is 13.0 Å². The van der Waals surface area contributed by atoms with Gasteiger partial charge in [0.15, 0.2) is 5.96 Å². The van der Waals surface area contributed by atoms with Gasteiger partial charge in [-0.1, -0.05) is 12.1 Å². The zero-order valence-electron chi connectivity index (χ0n) is 15.3. The van der Waals surface area contributed by atoms with E-state index in [0.29, 0.717) is 6.54 Å². The van der Waals surface area contributed by atoms with E-state index in [2.05, 4.69) is 39.7 Å². The van der Waals surface area contributed by atoms with Crippen LogP contribution in [0.4, 0.5) is 0 Å². The number of methoxy groups -OCH3 is 1. The molecule has 0 aliphatic carbocycles. The van der Waals surface area contributed by atoms with Gasteiger partial charge in [-0.15, -0.1) is 35.3 Å². The van der Waals surface area contributed by atoms with Crippen LogP contribution in [-0.4, -0.2) is 31.1 Å². The van der Waals surface area contributed by atoms with Crippen molar-refractivity contribution in [2.24, 2.45) is 4.99 Å². The smallest absolute Gasteiger partial charge is 0.191 e. The van der Waals surface area contributed by atoms with Crippen molar-refractivity contribution >= 4 is 41.3 Å². The molecule has 0 aliphatic heterocycles. The highest BCUT2D eigenvalue weighted by Crippen LogP contribution is 2.17. The zero-order valence-corrected chi connectivity index (χ0v) is 18.4. The fourth-order valence-electron chi connectivity index (χ4n) is 2.33. The molecule has 0 spiro atoms. The molecule has 0 bridgehead atoms. The maximum absolute atomic E-state index is 5.18. The topological polar surface area (TPSA) is 58.5 Å². The molecule has 5 nitrogen and oxygen atoms in total. The van der Waals surface area contributed by atoms with Crippen LogP contribution < -0.4 is 15.4 Å². The third-order valence-electron chi connectivity index (χ3n) is 3.59. The van der Waals surface area contributed by atoms with Gasteiger partial charge in [0.05, 0.1) is 24.4 Å². The van der Waals surface area contributed by atoms with Gasteiger partial charge in [0.1, 0.15) is 5.75 Å². The Hall–Kier alpha value is -1.35. The van der Waals surface area contributed by atoms with E-state index in [9.17, 15) is 0 Å². The summed E-state index contributed by atoms with van der Waals surface area (Å²) < 4.78 is 5.18. The lowest BCUT2D eigenvalue weighted by molar-refractivity contribution is 0.414. The Kier molecular flexibility index (Phi) is 9.81. The molecule has 0 unspecified atom stereocenters. The van der Waals surface area contributed by atoms with E-state index < -0.39 is 0 Å². The molecule has 0 saturated carbocycles. The quantitative estimate of drug-likeness (QED) is 0.365. The first kappa shape index (κ1) is 21.7. The second-order valence-electron chi connectivity index (χ2n) is 5.46. The SMILES string of the molecule is CCNC(=NCc1sc(C)nc1C)NCCc1ccc(OC)cc1.I. The maximum atomic E-state index is 5.18. The minimum absolute atomic E-state index is 0. The molecule has 7 heteroatoms. The number of guanidine groups is 1. The van der Waals surface area contributed by atoms with Crippen LogP contribution in [0.2, 0.25) is 0 Å². The molecule has 0 atom stereocenters. The summed E-state index contributed by atoms with van der Waals surface area (Å²) >= 11 is 1.71. The minimum Gasteiger partial charge on any atom is -0.497 e. The number of aryl methyl sites for hydroxylation is 2. The number of nitrogens with one attached hydrogen (secondary N) is 2. The van der Waals surface area contributed by atoms with Gasteiger partial charge in [-0.2, -0.15) is 0 Å². The van der Waals surface area contributed by atoms with Crippen molar-refractivity contribution in [1.82, 2.24) is 15.6 Å². The molecule has 1 heterocycles. The van der Waals surface area contributed by atoms with Crippen molar-refractivity contribution in [3.8, 4) is 5.75 Å². The number of rotatable bonds is 7. The largest absolute Gasteiger partial charge is 0.497 e. The van der Waals surface area contributed by atoms with Crippen molar-refractivity contribution in [2.75, 3.05) is 20.2 Å². The van der Waals surface area contributed by atoms with E-state index in [1.165, 1.54) is 10.4 Å². The van der Waals surface area contributed by atoms with Gasteiger partial charge in [0.2, 0.25) is 0 Å². The number of hydrogen-bond acceptors (Lipinski definition) is 4. The lowest BCUT2D eigenvalue weighted by Crippen LogP contribution is -2.38. The monoisotopic (exact) mass is 474 g/mol. The fourth-order valence-corrected chi connectivity index (χ4v) is 3.19. The van der Waals surface area contributed by atoms with Crippen molar-refractivity contribution in [3.05, 3.63) is 45.4 Å². The summed E-state index contributed by atoms with van der Waals surface area (Å²) in [5, 5.41) is 7.77. The summed E-state index contributed by atoms with van der Waals surface area (Å²) in [6.07, 6.45) is 0.938. The first-order chi connectivity index (χ1) is 11.6. The van der Waals surface area contributed by atoms with Gasteiger partial charge < -0.3 is 15.4 Å². The first-order valence-corrected chi connectivity index (χ1v) is 9.02. The molecule has 2 rings (SSSR count). The standard InChI is InChI=1S/C18H26N4OS.HI/c1-5-19-18(21-12-17-13(2)22-14(3)24-17)20-11-10-15-6-8-16(23-4)9-7-15;/h6-9H,5,10-12H2,1-4H3,(H2,19,20,21);1H. The number of thiazole rings is 1. The maximum Gasteiger partial charge on any atom is 0.191 e. The summed E-state index contributed by atoms with van der Waals surface area (Å²) in [6.45, 7) is 8.48. The Morgan fingerprint density at radius 3 is 2.48 bits per heavy atom.